The minimum atomic E-state index is 0. The molecule has 2 aromatic carbocycles. The molecule has 0 spiro atoms. The Labute approximate surface area is 638 Å². The molecule has 15 aromatic rings. The van der Waals surface area contributed by atoms with Crippen LogP contribution in [0, 0.1) is 166 Å². The van der Waals surface area contributed by atoms with Gasteiger partial charge >= 0.3 is 39.0 Å². The van der Waals surface area contributed by atoms with E-state index >= 15 is 0 Å². The van der Waals surface area contributed by atoms with Crippen molar-refractivity contribution in [2.75, 3.05) is 0 Å². The fourth-order valence-corrected chi connectivity index (χ4v) is 12.9. The molecule has 0 fully saturated rings. The number of rotatable bonds is 4. The summed E-state index contributed by atoms with van der Waals surface area (Å²) >= 11 is 0. The van der Waals surface area contributed by atoms with Crippen LogP contribution in [0.1, 0.15) is 134 Å². The van der Waals surface area contributed by atoms with Crippen molar-refractivity contribution in [1.82, 2.24) is 69.8 Å². The molecule has 104 heavy (non-hydrogen) atoms. The first-order valence-electron chi connectivity index (χ1n) is 34.8. The number of benzene rings is 2. The van der Waals surface area contributed by atoms with Crippen molar-refractivity contribution >= 4 is 65.7 Å². The first-order valence-corrected chi connectivity index (χ1v) is 34.8. The summed E-state index contributed by atoms with van der Waals surface area (Å²) in [5.41, 5.74) is 44.9. The van der Waals surface area contributed by atoms with Crippen molar-refractivity contribution in [3.8, 4) is 45.6 Å². The summed E-state index contributed by atoms with van der Waals surface area (Å²) in [6.07, 6.45) is 22.7. The van der Waals surface area contributed by atoms with Crippen LogP contribution in [0.15, 0.2) is 123 Å². The predicted octanol–water partition coefficient (Wildman–Crippen LogP) is 20.9. The van der Waals surface area contributed by atoms with Crippen LogP contribution in [0.3, 0.4) is 0 Å². The Bertz CT molecular complexity index is 4920. The number of aryl methyl sites for hydroxylation is 8. The zero-order valence-corrected chi connectivity index (χ0v) is 68.0. The smallest absolute Gasteiger partial charge is 0.254 e. The number of nitrogens with zero attached hydrogens (tertiary/aromatic N) is 14. The predicted molar refractivity (Wildman–Crippen MR) is 422 cm³/mol. The fraction of sp³-hybridized carbons (Fsp3) is 0.273. The molecule has 15 rings (SSSR count). The summed E-state index contributed by atoms with van der Waals surface area (Å²) in [5.74, 6) is 0. The first-order chi connectivity index (χ1) is 48.6. The number of aromatic nitrogens is 14. The Morgan fingerprint density at radius 2 is 0.298 bits per heavy atom. The van der Waals surface area contributed by atoms with E-state index in [1.54, 1.807) is 24.8 Å². The van der Waals surface area contributed by atoms with E-state index in [1.807, 2.05) is 98.1 Å². The molecular weight excluding hydrogens is 1460 g/mol. The molecule has 526 valence electrons. The van der Waals surface area contributed by atoms with E-state index in [0.717, 1.165) is 111 Å². The largest absolute Gasteiger partial charge is 2.00 e. The first kappa shape index (κ1) is 78.3. The molecule has 0 bridgehead atoms. The summed E-state index contributed by atoms with van der Waals surface area (Å²) in [6, 6.07) is 15.8. The van der Waals surface area contributed by atoms with Gasteiger partial charge in [0.1, 0.15) is 0 Å². The van der Waals surface area contributed by atoms with Gasteiger partial charge in [0.05, 0.1) is 89.7 Å². The van der Waals surface area contributed by atoms with Crippen LogP contribution in [0.25, 0.3) is 111 Å². The maximum Gasteiger partial charge on any atom is 2.00 e. The molecule has 0 saturated heterocycles. The second-order valence-electron chi connectivity index (χ2n) is 27.5. The van der Waals surface area contributed by atoms with Crippen molar-refractivity contribution in [2.45, 2.75) is 166 Å². The van der Waals surface area contributed by atoms with Gasteiger partial charge in [0.2, 0.25) is 0 Å². The number of pyridine rings is 12. The number of fused-ring (bicyclic) bond motifs is 12. The van der Waals surface area contributed by atoms with E-state index < -0.39 is 0 Å². The molecule has 13 heterocycles. The molecule has 0 atom stereocenters. The SMILES string of the molecule is Cc1cnc(-c2ncc(C)c(C)c2C)c(C)c1C.Cc1cnc(-c2ncc(C)c(C)c2C)c(C)c1C.Cc1cnc(-c2ncc(C)c(C)c2C)c(C)c1C.Cc1cnc(-c2ncc(C)c(C)c2C)c(C)c1C.[Ru+2].[Ru+2].c1cnc2c(c1)c1nc3c4cccnc4c4ncccc4c3nc1c1cccnc12. The van der Waals surface area contributed by atoms with Gasteiger partial charge in [-0.25, -0.2) is 9.97 Å². The molecule has 13 aromatic heterocycles. The second-order valence-corrected chi connectivity index (χ2v) is 27.5. The van der Waals surface area contributed by atoms with Gasteiger partial charge < -0.3 is 0 Å². The number of hydrogen-bond donors (Lipinski definition) is 0. The van der Waals surface area contributed by atoms with Gasteiger partial charge in [-0.05, 0) is 348 Å². The van der Waals surface area contributed by atoms with E-state index in [2.05, 4.69) is 226 Å². The number of hydrogen-bond acceptors (Lipinski definition) is 14. The molecular formula is C88H92N14Ru2+4. The summed E-state index contributed by atoms with van der Waals surface area (Å²) in [4.78, 5) is 65.3. The Morgan fingerprint density at radius 3 is 0.433 bits per heavy atom. The van der Waals surface area contributed by atoms with Crippen molar-refractivity contribution in [1.29, 1.82) is 0 Å². The Kier molecular flexibility index (Phi) is 24.4. The normalized spacial score (nSPS) is 10.9. The summed E-state index contributed by atoms with van der Waals surface area (Å²) in [7, 11) is 0. The molecule has 0 saturated carbocycles. The maximum absolute atomic E-state index is 5.14. The molecule has 0 aliphatic rings. The molecule has 14 nitrogen and oxygen atoms in total. The van der Waals surface area contributed by atoms with E-state index in [0.29, 0.717) is 0 Å². The minimum Gasteiger partial charge on any atom is -0.254 e. The zero-order chi connectivity index (χ0) is 73.4. The van der Waals surface area contributed by atoms with Crippen molar-refractivity contribution in [3.63, 3.8) is 0 Å². The van der Waals surface area contributed by atoms with Crippen LogP contribution in [0.5, 0.6) is 0 Å². The third kappa shape index (κ3) is 15.0. The third-order valence-corrected chi connectivity index (χ3v) is 21.7. The Hall–Kier alpha value is -9.87. The monoisotopic (exact) mass is 1550 g/mol. The zero-order valence-electron chi connectivity index (χ0n) is 64.5. The molecule has 0 aliphatic heterocycles. The van der Waals surface area contributed by atoms with Gasteiger partial charge in [-0.2, -0.15) is 0 Å². The summed E-state index contributed by atoms with van der Waals surface area (Å²) < 4.78 is 0. The van der Waals surface area contributed by atoms with Gasteiger partial charge in [0.15, 0.2) is 0 Å². The Balaban J connectivity index is 0.000000153. The van der Waals surface area contributed by atoms with Gasteiger partial charge in [0.25, 0.3) is 0 Å². The van der Waals surface area contributed by atoms with Crippen LogP contribution < -0.4 is 0 Å². The average molecular weight is 1550 g/mol. The van der Waals surface area contributed by atoms with Crippen LogP contribution in [-0.4, -0.2) is 69.8 Å². The van der Waals surface area contributed by atoms with Gasteiger partial charge in [-0.3, -0.25) is 59.8 Å². The molecule has 0 unspecified atom stereocenters. The van der Waals surface area contributed by atoms with Crippen LogP contribution >= 0.6 is 0 Å². The van der Waals surface area contributed by atoms with E-state index in [-0.39, 0.29) is 39.0 Å². The van der Waals surface area contributed by atoms with Gasteiger partial charge in [-0.15, -0.1) is 0 Å². The standard InChI is InChI=1S/C24H12N6.4C16H20N2.2Ru/c1-5-13-17(25-9-1)18-14(6-2-10-26-18)22-21(13)29-23-15-7-3-11-27-19(15)20-16(24(23)30-22)8-4-12-28-20;4*1-9-7-17-15(13(5)11(9)3)16-14(6)12(4)10(2)8-18-16;;/h1-12H;4*7-8H,1-6H3;;/q;;;;;2*+2. The van der Waals surface area contributed by atoms with E-state index in [9.17, 15) is 0 Å². The van der Waals surface area contributed by atoms with Crippen molar-refractivity contribution in [3.05, 3.63) is 256 Å². The van der Waals surface area contributed by atoms with E-state index in [1.165, 1.54) is 134 Å². The maximum atomic E-state index is 5.14. The second kappa shape index (κ2) is 32.4. The van der Waals surface area contributed by atoms with Gasteiger partial charge in [-0.1, -0.05) is 0 Å². The summed E-state index contributed by atoms with van der Waals surface area (Å²) in [6.45, 7) is 50.9. The van der Waals surface area contributed by atoms with Crippen LogP contribution in [0.2, 0.25) is 0 Å². The molecule has 16 heteroatoms. The van der Waals surface area contributed by atoms with Crippen molar-refractivity contribution in [2.24, 2.45) is 0 Å². The molecule has 0 radical (unpaired) electrons. The third-order valence-electron chi connectivity index (χ3n) is 21.7. The minimum absolute atomic E-state index is 0. The summed E-state index contributed by atoms with van der Waals surface area (Å²) in [5, 5.41) is 3.76. The molecule has 0 aliphatic carbocycles. The molecule has 0 amide bonds. The van der Waals surface area contributed by atoms with Gasteiger partial charge in [0, 0.05) is 95.9 Å². The van der Waals surface area contributed by atoms with Crippen LogP contribution in [-0.2, 0) is 39.0 Å². The topological polar surface area (TPSA) is 180 Å². The van der Waals surface area contributed by atoms with Crippen LogP contribution in [0.4, 0.5) is 0 Å². The average Bonchev–Trinajstić information content (AvgIpc) is 0.714. The fourth-order valence-electron chi connectivity index (χ4n) is 12.9. The van der Waals surface area contributed by atoms with E-state index in [4.69, 9.17) is 9.97 Å². The quantitative estimate of drug-likeness (QED) is 0.0922. The Morgan fingerprint density at radius 1 is 0.163 bits per heavy atom. The molecule has 0 N–H and O–H groups in total. The van der Waals surface area contributed by atoms with Crippen molar-refractivity contribution < 1.29 is 39.0 Å².